The van der Waals surface area contributed by atoms with E-state index in [-0.39, 0.29) is 11.3 Å². The molecule has 2 N–H and O–H groups in total. The first-order chi connectivity index (χ1) is 9.50. The molecule has 0 aliphatic heterocycles. The van der Waals surface area contributed by atoms with E-state index in [1.165, 1.54) is 12.1 Å². The second-order valence-corrected chi connectivity index (χ2v) is 4.24. The number of halogens is 1. The van der Waals surface area contributed by atoms with Gasteiger partial charge in [0.1, 0.15) is 5.82 Å². The Morgan fingerprint density at radius 1 is 1.05 bits per heavy atom. The normalized spacial score (nSPS) is 10.1. The molecule has 1 amide bonds. The van der Waals surface area contributed by atoms with Crippen molar-refractivity contribution in [2.24, 2.45) is 0 Å². The summed E-state index contributed by atoms with van der Waals surface area (Å²) in [4.78, 5) is 23.1. The predicted octanol–water partition coefficient (Wildman–Crippen LogP) is 3.08. The van der Waals surface area contributed by atoms with Gasteiger partial charge < -0.3 is 10.4 Å². The molecular weight excluding hydrogens is 261 g/mol. The average molecular weight is 273 g/mol. The SMILES string of the molecule is Cc1ccccc1C(=O)Nc1c(F)cccc1C(=O)O. The van der Waals surface area contributed by atoms with Crippen LogP contribution in [-0.2, 0) is 0 Å². The Balaban J connectivity index is 2.38. The summed E-state index contributed by atoms with van der Waals surface area (Å²) < 4.78 is 13.7. The standard InChI is InChI=1S/C15H12FNO3/c1-9-5-2-3-6-10(9)14(18)17-13-11(15(19)20)7-4-8-12(13)16/h2-8H,1H3,(H,17,18)(H,19,20). The number of amides is 1. The largest absolute Gasteiger partial charge is 0.478 e. The molecular formula is C15H12FNO3. The molecule has 102 valence electrons. The molecule has 2 rings (SSSR count). The van der Waals surface area contributed by atoms with E-state index in [0.29, 0.717) is 5.56 Å². The summed E-state index contributed by atoms with van der Waals surface area (Å²) in [7, 11) is 0. The van der Waals surface area contributed by atoms with E-state index in [2.05, 4.69) is 5.32 Å². The first kappa shape index (κ1) is 13.7. The molecule has 0 aliphatic carbocycles. The van der Waals surface area contributed by atoms with Gasteiger partial charge in [0, 0.05) is 5.56 Å². The molecule has 2 aromatic carbocycles. The molecule has 2 aromatic rings. The molecule has 0 spiro atoms. The van der Waals surface area contributed by atoms with Gasteiger partial charge in [0.25, 0.3) is 5.91 Å². The van der Waals surface area contributed by atoms with Gasteiger partial charge in [-0.25, -0.2) is 9.18 Å². The third-order valence-electron chi connectivity index (χ3n) is 2.87. The van der Waals surface area contributed by atoms with Crippen LogP contribution in [0.15, 0.2) is 42.5 Å². The van der Waals surface area contributed by atoms with Crippen molar-refractivity contribution < 1.29 is 19.1 Å². The van der Waals surface area contributed by atoms with Crippen LogP contribution < -0.4 is 5.32 Å². The number of para-hydroxylation sites is 1. The lowest BCUT2D eigenvalue weighted by Gasteiger charge is -2.10. The van der Waals surface area contributed by atoms with Crippen molar-refractivity contribution in [3.63, 3.8) is 0 Å². The maximum Gasteiger partial charge on any atom is 0.337 e. The number of benzene rings is 2. The first-order valence-electron chi connectivity index (χ1n) is 5.89. The van der Waals surface area contributed by atoms with E-state index in [9.17, 15) is 14.0 Å². The van der Waals surface area contributed by atoms with Crippen LogP contribution >= 0.6 is 0 Å². The zero-order valence-corrected chi connectivity index (χ0v) is 10.7. The number of carbonyl (C=O) groups excluding carboxylic acids is 1. The smallest absolute Gasteiger partial charge is 0.337 e. The monoisotopic (exact) mass is 273 g/mol. The molecule has 5 heteroatoms. The Hall–Kier alpha value is -2.69. The number of aromatic carboxylic acids is 1. The highest BCUT2D eigenvalue weighted by molar-refractivity contribution is 6.08. The molecule has 0 radical (unpaired) electrons. The molecule has 4 nitrogen and oxygen atoms in total. The van der Waals surface area contributed by atoms with Gasteiger partial charge in [0.2, 0.25) is 0 Å². The fourth-order valence-corrected chi connectivity index (χ4v) is 1.84. The molecule has 0 saturated carbocycles. The van der Waals surface area contributed by atoms with Gasteiger partial charge in [0.05, 0.1) is 11.3 Å². The fourth-order valence-electron chi connectivity index (χ4n) is 1.84. The highest BCUT2D eigenvalue weighted by Gasteiger charge is 2.17. The van der Waals surface area contributed by atoms with E-state index < -0.39 is 17.7 Å². The van der Waals surface area contributed by atoms with E-state index in [1.807, 2.05) is 0 Å². The van der Waals surface area contributed by atoms with Crippen LogP contribution in [0.3, 0.4) is 0 Å². The Kier molecular flexibility index (Phi) is 3.79. The van der Waals surface area contributed by atoms with Crippen LogP contribution in [0.1, 0.15) is 26.3 Å². The van der Waals surface area contributed by atoms with E-state index >= 15 is 0 Å². The van der Waals surface area contributed by atoms with Gasteiger partial charge in [-0.15, -0.1) is 0 Å². The van der Waals surface area contributed by atoms with Gasteiger partial charge >= 0.3 is 5.97 Å². The Bertz CT molecular complexity index is 683. The minimum atomic E-state index is -1.30. The van der Waals surface area contributed by atoms with Gasteiger partial charge in [-0.3, -0.25) is 4.79 Å². The molecule has 0 heterocycles. The number of rotatable bonds is 3. The van der Waals surface area contributed by atoms with Crippen LogP contribution in [0, 0.1) is 12.7 Å². The van der Waals surface area contributed by atoms with Crippen LogP contribution in [0.4, 0.5) is 10.1 Å². The van der Waals surface area contributed by atoms with E-state index in [4.69, 9.17) is 5.11 Å². The number of carboxylic acid groups (broad SMARTS) is 1. The van der Waals surface area contributed by atoms with Crippen molar-refractivity contribution in [3.8, 4) is 0 Å². The summed E-state index contributed by atoms with van der Waals surface area (Å²) >= 11 is 0. The zero-order chi connectivity index (χ0) is 14.7. The maximum atomic E-state index is 13.7. The van der Waals surface area contributed by atoms with Crippen LogP contribution in [0.25, 0.3) is 0 Å². The lowest BCUT2D eigenvalue weighted by molar-refractivity contribution is 0.0697. The second kappa shape index (κ2) is 5.52. The quantitative estimate of drug-likeness (QED) is 0.903. The number of hydrogen-bond donors (Lipinski definition) is 2. The number of hydrogen-bond acceptors (Lipinski definition) is 2. The number of carboxylic acids is 1. The first-order valence-corrected chi connectivity index (χ1v) is 5.89. The maximum absolute atomic E-state index is 13.7. The number of anilines is 1. The Labute approximate surface area is 114 Å². The van der Waals surface area contributed by atoms with E-state index in [0.717, 1.165) is 11.6 Å². The summed E-state index contributed by atoms with van der Waals surface area (Å²) in [5, 5.41) is 11.3. The summed E-state index contributed by atoms with van der Waals surface area (Å²) in [5.74, 6) is -2.63. The van der Waals surface area contributed by atoms with Crippen molar-refractivity contribution in [2.75, 3.05) is 5.32 Å². The van der Waals surface area contributed by atoms with Gasteiger partial charge in [0.15, 0.2) is 0 Å². The topological polar surface area (TPSA) is 66.4 Å². The molecule has 0 fully saturated rings. The van der Waals surface area contributed by atoms with Crippen molar-refractivity contribution >= 4 is 17.6 Å². The summed E-state index contributed by atoms with van der Waals surface area (Å²) in [5.41, 5.74) is 0.477. The van der Waals surface area contributed by atoms with Crippen LogP contribution in [-0.4, -0.2) is 17.0 Å². The van der Waals surface area contributed by atoms with Crippen molar-refractivity contribution in [2.45, 2.75) is 6.92 Å². The molecule has 0 saturated heterocycles. The average Bonchev–Trinajstić information content (AvgIpc) is 2.41. The van der Waals surface area contributed by atoms with Gasteiger partial charge in [-0.1, -0.05) is 24.3 Å². The highest BCUT2D eigenvalue weighted by Crippen LogP contribution is 2.21. The molecule has 0 bridgehead atoms. The van der Waals surface area contributed by atoms with Gasteiger partial charge in [-0.2, -0.15) is 0 Å². The second-order valence-electron chi connectivity index (χ2n) is 4.24. The van der Waals surface area contributed by atoms with Gasteiger partial charge in [-0.05, 0) is 30.7 Å². The molecule has 0 atom stereocenters. The number of aryl methyl sites for hydroxylation is 1. The van der Waals surface area contributed by atoms with Crippen molar-refractivity contribution in [1.29, 1.82) is 0 Å². The molecule has 0 aromatic heterocycles. The Morgan fingerprint density at radius 3 is 2.35 bits per heavy atom. The minimum absolute atomic E-state index is 0.285. The summed E-state index contributed by atoms with van der Waals surface area (Å²) in [6.07, 6.45) is 0. The highest BCUT2D eigenvalue weighted by atomic mass is 19.1. The molecule has 0 unspecified atom stereocenters. The van der Waals surface area contributed by atoms with E-state index in [1.54, 1.807) is 31.2 Å². The number of carbonyl (C=O) groups is 2. The third kappa shape index (κ3) is 2.66. The lowest BCUT2D eigenvalue weighted by Crippen LogP contribution is -2.17. The summed E-state index contributed by atoms with van der Waals surface area (Å²) in [6, 6.07) is 10.4. The van der Waals surface area contributed by atoms with Crippen LogP contribution in [0.5, 0.6) is 0 Å². The third-order valence-corrected chi connectivity index (χ3v) is 2.87. The summed E-state index contributed by atoms with van der Waals surface area (Å²) in [6.45, 7) is 1.74. The molecule has 20 heavy (non-hydrogen) atoms. The number of nitrogens with one attached hydrogen (secondary N) is 1. The van der Waals surface area contributed by atoms with Crippen molar-refractivity contribution in [3.05, 3.63) is 65.0 Å². The predicted molar refractivity (Wildman–Crippen MR) is 72.5 cm³/mol. The van der Waals surface area contributed by atoms with Crippen LogP contribution in [0.2, 0.25) is 0 Å². The Morgan fingerprint density at radius 2 is 1.70 bits per heavy atom. The fraction of sp³-hybridized carbons (Fsp3) is 0.0667. The lowest BCUT2D eigenvalue weighted by atomic mass is 10.1. The minimum Gasteiger partial charge on any atom is -0.478 e. The van der Waals surface area contributed by atoms with Crippen molar-refractivity contribution in [1.82, 2.24) is 0 Å². The zero-order valence-electron chi connectivity index (χ0n) is 10.7. The molecule has 0 aliphatic rings.